The summed E-state index contributed by atoms with van der Waals surface area (Å²) in [6, 6.07) is 13.5. The smallest absolute Gasteiger partial charge is 0.238 e. The summed E-state index contributed by atoms with van der Waals surface area (Å²) >= 11 is 7.24. The van der Waals surface area contributed by atoms with Crippen LogP contribution in [0, 0.1) is 0 Å². The molecule has 3 aromatic rings. The molecule has 1 saturated heterocycles. The molecule has 1 aliphatic heterocycles. The van der Waals surface area contributed by atoms with Crippen LogP contribution in [0.25, 0.3) is 11.0 Å². The first-order chi connectivity index (χ1) is 12.7. The molecule has 0 atom stereocenters. The van der Waals surface area contributed by atoms with E-state index in [9.17, 15) is 4.79 Å². The van der Waals surface area contributed by atoms with Crippen molar-refractivity contribution in [3.63, 3.8) is 0 Å². The lowest BCUT2D eigenvalue weighted by molar-refractivity contribution is -0.117. The fourth-order valence-electron chi connectivity index (χ4n) is 3.10. The van der Waals surface area contributed by atoms with Gasteiger partial charge < -0.3 is 10.2 Å². The number of anilines is 2. The number of piperazine rings is 1. The number of benzene rings is 2. The molecular weight excluding hydrogens is 370 g/mol. The predicted octanol–water partition coefficient (Wildman–Crippen LogP) is 3.11. The lowest BCUT2D eigenvalue weighted by atomic mass is 10.2. The number of nitrogens with zero attached hydrogens (tertiary/aromatic N) is 4. The zero-order valence-electron chi connectivity index (χ0n) is 14.1. The van der Waals surface area contributed by atoms with Gasteiger partial charge >= 0.3 is 0 Å². The maximum atomic E-state index is 12.3. The summed E-state index contributed by atoms with van der Waals surface area (Å²) in [6.45, 7) is 3.83. The lowest BCUT2D eigenvalue weighted by Gasteiger charge is -2.35. The van der Waals surface area contributed by atoms with Crippen LogP contribution in [0.4, 0.5) is 11.4 Å². The van der Waals surface area contributed by atoms with Gasteiger partial charge in [0.2, 0.25) is 5.91 Å². The van der Waals surface area contributed by atoms with Crippen molar-refractivity contribution in [1.29, 1.82) is 0 Å². The molecule has 0 bridgehead atoms. The number of carbonyl (C=O) groups excluding carboxylic acids is 1. The predicted molar refractivity (Wildman–Crippen MR) is 106 cm³/mol. The van der Waals surface area contributed by atoms with E-state index < -0.39 is 0 Å². The highest BCUT2D eigenvalue weighted by molar-refractivity contribution is 7.00. The minimum atomic E-state index is -0.0104. The van der Waals surface area contributed by atoms with Crippen LogP contribution in [0.5, 0.6) is 0 Å². The largest absolute Gasteiger partial charge is 0.369 e. The van der Waals surface area contributed by atoms with Crippen LogP contribution in [0.15, 0.2) is 42.5 Å². The van der Waals surface area contributed by atoms with Gasteiger partial charge in [0.1, 0.15) is 11.0 Å². The van der Waals surface area contributed by atoms with E-state index in [0.717, 1.165) is 53.6 Å². The van der Waals surface area contributed by atoms with E-state index in [-0.39, 0.29) is 5.91 Å². The topological polar surface area (TPSA) is 61.4 Å². The third kappa shape index (κ3) is 3.95. The summed E-state index contributed by atoms with van der Waals surface area (Å²) in [5.74, 6) is -0.0104. The molecular formula is C18H18ClN5OS. The second-order valence-electron chi connectivity index (χ2n) is 6.26. The Bertz CT molecular complexity index is 923. The Morgan fingerprint density at radius 2 is 1.88 bits per heavy atom. The zero-order chi connectivity index (χ0) is 17.9. The molecule has 2 heterocycles. The molecule has 2 aromatic carbocycles. The van der Waals surface area contributed by atoms with E-state index in [1.807, 2.05) is 36.4 Å². The summed E-state index contributed by atoms with van der Waals surface area (Å²) in [5.41, 5.74) is 3.55. The molecule has 0 saturated carbocycles. The summed E-state index contributed by atoms with van der Waals surface area (Å²) in [4.78, 5) is 16.8. The first-order valence-corrected chi connectivity index (χ1v) is 9.53. The van der Waals surface area contributed by atoms with Crippen LogP contribution in [0.2, 0.25) is 5.02 Å². The normalized spacial score (nSPS) is 15.3. The number of halogens is 1. The molecule has 0 unspecified atom stereocenters. The third-order valence-electron chi connectivity index (χ3n) is 4.45. The van der Waals surface area contributed by atoms with E-state index >= 15 is 0 Å². The maximum Gasteiger partial charge on any atom is 0.238 e. The van der Waals surface area contributed by atoms with Gasteiger partial charge in [-0.2, -0.15) is 8.75 Å². The summed E-state index contributed by atoms with van der Waals surface area (Å²) in [5, 5.41) is 3.69. The zero-order valence-corrected chi connectivity index (χ0v) is 15.6. The molecule has 0 spiro atoms. The second kappa shape index (κ2) is 7.57. The Morgan fingerprint density at radius 1 is 1.08 bits per heavy atom. The van der Waals surface area contributed by atoms with Crippen molar-refractivity contribution in [1.82, 2.24) is 13.6 Å². The van der Waals surface area contributed by atoms with E-state index in [4.69, 9.17) is 11.6 Å². The third-order valence-corrected chi connectivity index (χ3v) is 5.24. The molecule has 0 aliphatic carbocycles. The highest BCUT2D eigenvalue weighted by Crippen LogP contribution is 2.21. The molecule has 6 nitrogen and oxygen atoms in total. The van der Waals surface area contributed by atoms with Gasteiger partial charge in [-0.25, -0.2) is 0 Å². The first kappa shape index (κ1) is 17.2. The van der Waals surface area contributed by atoms with Crippen molar-refractivity contribution in [3.8, 4) is 0 Å². The van der Waals surface area contributed by atoms with Crippen molar-refractivity contribution >= 4 is 51.6 Å². The van der Waals surface area contributed by atoms with Crippen molar-refractivity contribution in [2.75, 3.05) is 42.9 Å². The van der Waals surface area contributed by atoms with E-state index in [1.54, 1.807) is 0 Å². The Labute approximate surface area is 160 Å². The number of amides is 1. The van der Waals surface area contributed by atoms with Gasteiger partial charge in [-0.1, -0.05) is 17.7 Å². The number of hydrogen-bond donors (Lipinski definition) is 1. The van der Waals surface area contributed by atoms with E-state index in [1.165, 1.54) is 11.7 Å². The average molecular weight is 388 g/mol. The van der Waals surface area contributed by atoms with Crippen molar-refractivity contribution in [2.24, 2.45) is 0 Å². The lowest BCUT2D eigenvalue weighted by Crippen LogP contribution is -2.48. The molecule has 0 radical (unpaired) electrons. The quantitative estimate of drug-likeness (QED) is 0.745. The van der Waals surface area contributed by atoms with Crippen LogP contribution in [-0.4, -0.2) is 52.3 Å². The van der Waals surface area contributed by atoms with Crippen molar-refractivity contribution in [2.45, 2.75) is 0 Å². The minimum Gasteiger partial charge on any atom is -0.369 e. The van der Waals surface area contributed by atoms with Gasteiger partial charge in [0.05, 0.1) is 18.3 Å². The monoisotopic (exact) mass is 387 g/mol. The van der Waals surface area contributed by atoms with Crippen LogP contribution in [-0.2, 0) is 4.79 Å². The molecule has 8 heteroatoms. The Kier molecular flexibility index (Phi) is 5.01. The van der Waals surface area contributed by atoms with Gasteiger partial charge in [0.25, 0.3) is 0 Å². The molecule has 134 valence electrons. The van der Waals surface area contributed by atoms with Crippen LogP contribution >= 0.6 is 23.3 Å². The van der Waals surface area contributed by atoms with Crippen LogP contribution in [0.1, 0.15) is 0 Å². The Hall–Kier alpha value is -2.22. The van der Waals surface area contributed by atoms with Gasteiger partial charge in [0.15, 0.2) is 0 Å². The van der Waals surface area contributed by atoms with Crippen molar-refractivity contribution < 1.29 is 4.79 Å². The number of hydrogen-bond acceptors (Lipinski definition) is 6. The number of aromatic nitrogens is 2. The highest BCUT2D eigenvalue weighted by atomic mass is 35.5. The van der Waals surface area contributed by atoms with Crippen molar-refractivity contribution in [3.05, 3.63) is 47.5 Å². The molecule has 1 amide bonds. The number of rotatable bonds is 4. The Balaban J connectivity index is 1.30. The van der Waals surface area contributed by atoms with Gasteiger partial charge in [-0.15, -0.1) is 0 Å². The molecule has 4 rings (SSSR count). The maximum absolute atomic E-state index is 12.3. The van der Waals surface area contributed by atoms with Gasteiger partial charge in [-0.3, -0.25) is 9.69 Å². The molecule has 1 N–H and O–H groups in total. The number of fused-ring (bicyclic) bond motifs is 1. The fourth-order valence-corrected chi connectivity index (χ4v) is 3.80. The van der Waals surface area contributed by atoms with Crippen LogP contribution in [0.3, 0.4) is 0 Å². The van der Waals surface area contributed by atoms with E-state index in [0.29, 0.717) is 6.54 Å². The molecule has 26 heavy (non-hydrogen) atoms. The fraction of sp³-hybridized carbons (Fsp3) is 0.278. The summed E-state index contributed by atoms with van der Waals surface area (Å²) in [6.07, 6.45) is 0. The van der Waals surface area contributed by atoms with E-state index in [2.05, 4.69) is 29.9 Å². The van der Waals surface area contributed by atoms with Crippen LogP contribution < -0.4 is 10.2 Å². The highest BCUT2D eigenvalue weighted by Gasteiger charge is 2.19. The van der Waals surface area contributed by atoms with Gasteiger partial charge in [0, 0.05) is 42.6 Å². The second-order valence-corrected chi connectivity index (χ2v) is 7.22. The number of nitrogens with one attached hydrogen (secondary N) is 1. The first-order valence-electron chi connectivity index (χ1n) is 8.42. The average Bonchev–Trinajstić information content (AvgIpc) is 3.10. The molecule has 1 aromatic heterocycles. The molecule has 1 aliphatic rings. The SMILES string of the molecule is O=C(CN1CCN(c2cccc(Cl)c2)CC1)Nc1ccc2nsnc2c1. The standard InChI is InChI=1S/C18H18ClN5OS/c19-13-2-1-3-15(10-13)24-8-6-23(7-9-24)12-18(25)20-14-4-5-16-17(11-14)22-26-21-16/h1-5,10-11H,6-9,12H2,(H,20,25). The van der Waals surface area contributed by atoms with Gasteiger partial charge in [-0.05, 0) is 36.4 Å². The molecule has 1 fully saturated rings. The number of carbonyl (C=O) groups is 1. The Morgan fingerprint density at radius 3 is 2.69 bits per heavy atom. The summed E-state index contributed by atoms with van der Waals surface area (Å²) < 4.78 is 8.37. The summed E-state index contributed by atoms with van der Waals surface area (Å²) in [7, 11) is 0. The minimum absolute atomic E-state index is 0.0104.